The zero-order chi connectivity index (χ0) is 20.8. The SMILES string of the molecule is COCc1ccccc1CNC(=O)c1oc2ccccc2c1CSc1ncccn1. The summed E-state index contributed by atoms with van der Waals surface area (Å²) < 4.78 is 11.2. The number of nitrogens with zero attached hydrogens (tertiary/aromatic N) is 2. The number of hydrogen-bond donors (Lipinski definition) is 1. The van der Waals surface area contributed by atoms with Gasteiger partial charge in [0.2, 0.25) is 0 Å². The lowest BCUT2D eigenvalue weighted by Gasteiger charge is -2.10. The van der Waals surface area contributed by atoms with Crippen LogP contribution in [0.5, 0.6) is 0 Å². The first-order valence-corrected chi connectivity index (χ1v) is 10.5. The number of carbonyl (C=O) groups excluding carboxylic acids is 1. The first-order chi connectivity index (χ1) is 14.8. The number of para-hydroxylation sites is 1. The number of thioether (sulfide) groups is 1. The number of methoxy groups -OCH3 is 1. The molecular formula is C23H21N3O3S. The van der Waals surface area contributed by atoms with Crippen molar-refractivity contribution < 1.29 is 13.9 Å². The third kappa shape index (κ3) is 4.53. The first kappa shape index (κ1) is 20.1. The van der Waals surface area contributed by atoms with Gasteiger partial charge in [-0.15, -0.1) is 0 Å². The summed E-state index contributed by atoms with van der Waals surface area (Å²) in [6.07, 6.45) is 3.40. The number of aromatic nitrogens is 2. The van der Waals surface area contributed by atoms with Crippen LogP contribution in [0.2, 0.25) is 0 Å². The Labute approximate surface area is 178 Å². The number of furan rings is 1. The predicted molar refractivity (Wildman–Crippen MR) is 116 cm³/mol. The molecule has 4 rings (SSSR count). The van der Waals surface area contributed by atoms with Gasteiger partial charge in [-0.1, -0.05) is 54.2 Å². The van der Waals surface area contributed by atoms with E-state index in [9.17, 15) is 4.79 Å². The normalized spacial score (nSPS) is 11.0. The van der Waals surface area contributed by atoms with Crippen LogP contribution in [0.1, 0.15) is 27.2 Å². The van der Waals surface area contributed by atoms with Crippen LogP contribution < -0.4 is 5.32 Å². The van der Waals surface area contributed by atoms with E-state index in [0.717, 1.165) is 22.1 Å². The summed E-state index contributed by atoms with van der Waals surface area (Å²) in [7, 11) is 1.66. The van der Waals surface area contributed by atoms with Gasteiger partial charge in [0.1, 0.15) is 5.58 Å². The minimum atomic E-state index is -0.247. The van der Waals surface area contributed by atoms with E-state index in [1.807, 2.05) is 48.5 Å². The molecule has 1 amide bonds. The zero-order valence-electron chi connectivity index (χ0n) is 16.5. The Morgan fingerprint density at radius 3 is 2.57 bits per heavy atom. The maximum absolute atomic E-state index is 13.0. The topological polar surface area (TPSA) is 77.2 Å². The summed E-state index contributed by atoms with van der Waals surface area (Å²) in [6.45, 7) is 0.888. The average molecular weight is 420 g/mol. The van der Waals surface area contributed by atoms with E-state index in [1.165, 1.54) is 11.8 Å². The van der Waals surface area contributed by atoms with Crippen LogP contribution in [-0.4, -0.2) is 23.0 Å². The Morgan fingerprint density at radius 1 is 1.03 bits per heavy atom. The van der Waals surface area contributed by atoms with E-state index in [2.05, 4.69) is 15.3 Å². The number of hydrogen-bond acceptors (Lipinski definition) is 6. The molecule has 0 aliphatic carbocycles. The number of amides is 1. The van der Waals surface area contributed by atoms with Crippen LogP contribution in [0.4, 0.5) is 0 Å². The fourth-order valence-electron chi connectivity index (χ4n) is 3.20. The molecule has 2 aromatic carbocycles. The second kappa shape index (κ2) is 9.56. The molecule has 0 saturated heterocycles. The van der Waals surface area contributed by atoms with Gasteiger partial charge in [0.25, 0.3) is 5.91 Å². The van der Waals surface area contributed by atoms with Crippen molar-refractivity contribution in [2.24, 2.45) is 0 Å². The van der Waals surface area contributed by atoms with Gasteiger partial charge in [-0.05, 0) is 23.3 Å². The molecule has 0 fully saturated rings. The molecule has 2 aromatic heterocycles. The molecular weight excluding hydrogens is 398 g/mol. The second-order valence-corrected chi connectivity index (χ2v) is 7.55. The summed E-state index contributed by atoms with van der Waals surface area (Å²) >= 11 is 1.47. The van der Waals surface area contributed by atoms with Gasteiger partial charge < -0.3 is 14.5 Å². The van der Waals surface area contributed by atoms with Crippen molar-refractivity contribution in [1.29, 1.82) is 0 Å². The van der Waals surface area contributed by atoms with Gasteiger partial charge in [0, 0.05) is 42.8 Å². The number of fused-ring (bicyclic) bond motifs is 1. The highest BCUT2D eigenvalue weighted by molar-refractivity contribution is 7.98. The number of nitrogens with one attached hydrogen (secondary N) is 1. The van der Waals surface area contributed by atoms with E-state index < -0.39 is 0 Å². The van der Waals surface area contributed by atoms with E-state index in [-0.39, 0.29) is 5.91 Å². The maximum atomic E-state index is 13.0. The van der Waals surface area contributed by atoms with Crippen molar-refractivity contribution in [3.63, 3.8) is 0 Å². The zero-order valence-corrected chi connectivity index (χ0v) is 17.3. The molecule has 0 bridgehead atoms. The molecule has 0 radical (unpaired) electrons. The lowest BCUT2D eigenvalue weighted by Crippen LogP contribution is -2.24. The minimum absolute atomic E-state index is 0.247. The Balaban J connectivity index is 1.56. The highest BCUT2D eigenvalue weighted by Gasteiger charge is 2.21. The number of ether oxygens (including phenoxy) is 1. The van der Waals surface area contributed by atoms with Crippen molar-refractivity contribution in [1.82, 2.24) is 15.3 Å². The Morgan fingerprint density at radius 2 is 1.77 bits per heavy atom. The van der Waals surface area contributed by atoms with Gasteiger partial charge >= 0.3 is 0 Å². The fraction of sp³-hybridized carbons (Fsp3) is 0.174. The molecule has 0 atom stereocenters. The van der Waals surface area contributed by atoms with Gasteiger partial charge in [-0.3, -0.25) is 4.79 Å². The molecule has 152 valence electrons. The number of rotatable bonds is 8. The van der Waals surface area contributed by atoms with Crippen LogP contribution in [0, 0.1) is 0 Å². The lowest BCUT2D eigenvalue weighted by molar-refractivity contribution is 0.0924. The molecule has 1 N–H and O–H groups in total. The largest absolute Gasteiger partial charge is 0.451 e. The summed E-state index contributed by atoms with van der Waals surface area (Å²) in [5.41, 5.74) is 3.58. The molecule has 0 unspecified atom stereocenters. The van der Waals surface area contributed by atoms with Crippen molar-refractivity contribution in [3.05, 3.63) is 89.4 Å². The van der Waals surface area contributed by atoms with Crippen LogP contribution in [0.3, 0.4) is 0 Å². The Kier molecular flexibility index (Phi) is 6.41. The minimum Gasteiger partial charge on any atom is -0.451 e. The quantitative estimate of drug-likeness (QED) is 0.332. The third-order valence-corrected chi connectivity index (χ3v) is 5.55. The number of benzene rings is 2. The predicted octanol–water partition coefficient (Wildman–Crippen LogP) is 4.59. The summed E-state index contributed by atoms with van der Waals surface area (Å²) in [4.78, 5) is 21.5. The van der Waals surface area contributed by atoms with Crippen molar-refractivity contribution in [3.8, 4) is 0 Å². The smallest absolute Gasteiger partial charge is 0.287 e. The van der Waals surface area contributed by atoms with Gasteiger partial charge in [-0.25, -0.2) is 9.97 Å². The standard InChI is InChI=1S/C23H21N3O3S/c1-28-14-17-8-3-2-7-16(17)13-26-22(27)21-19(15-30-23-24-11-6-12-25-23)18-9-4-5-10-20(18)29-21/h2-12H,13-15H2,1H3,(H,26,27). The molecule has 0 saturated carbocycles. The van der Waals surface area contributed by atoms with Crippen LogP contribution in [0.15, 0.2) is 76.6 Å². The van der Waals surface area contributed by atoms with E-state index in [4.69, 9.17) is 9.15 Å². The summed E-state index contributed by atoms with van der Waals surface area (Å²) in [5, 5.41) is 4.56. The van der Waals surface area contributed by atoms with E-state index in [0.29, 0.717) is 35.4 Å². The summed E-state index contributed by atoms with van der Waals surface area (Å²) in [6, 6.07) is 17.3. The Hall–Kier alpha value is -3.16. The average Bonchev–Trinajstić information content (AvgIpc) is 3.16. The maximum Gasteiger partial charge on any atom is 0.287 e. The molecule has 6 nitrogen and oxygen atoms in total. The molecule has 30 heavy (non-hydrogen) atoms. The van der Waals surface area contributed by atoms with Crippen molar-refractivity contribution >= 4 is 28.6 Å². The highest BCUT2D eigenvalue weighted by Crippen LogP contribution is 2.31. The van der Waals surface area contributed by atoms with E-state index >= 15 is 0 Å². The van der Waals surface area contributed by atoms with Crippen LogP contribution in [0.25, 0.3) is 11.0 Å². The molecule has 0 aliphatic heterocycles. The molecule has 2 heterocycles. The Bertz CT molecular complexity index is 1140. The second-order valence-electron chi connectivity index (χ2n) is 6.61. The summed E-state index contributed by atoms with van der Waals surface area (Å²) in [5.74, 6) is 0.608. The molecule has 0 aliphatic rings. The molecule has 7 heteroatoms. The molecule has 0 spiro atoms. The van der Waals surface area contributed by atoms with Crippen molar-refractivity contribution in [2.45, 2.75) is 24.1 Å². The third-order valence-electron chi connectivity index (χ3n) is 4.65. The van der Waals surface area contributed by atoms with Crippen LogP contribution in [-0.2, 0) is 23.6 Å². The van der Waals surface area contributed by atoms with Gasteiger partial charge in [0.05, 0.1) is 6.61 Å². The van der Waals surface area contributed by atoms with Crippen LogP contribution >= 0.6 is 11.8 Å². The molecule has 4 aromatic rings. The highest BCUT2D eigenvalue weighted by atomic mass is 32.2. The number of carbonyl (C=O) groups is 1. The van der Waals surface area contributed by atoms with Crippen molar-refractivity contribution in [2.75, 3.05) is 7.11 Å². The fourth-order valence-corrected chi connectivity index (χ4v) is 4.04. The van der Waals surface area contributed by atoms with E-state index in [1.54, 1.807) is 25.6 Å². The lowest BCUT2D eigenvalue weighted by atomic mass is 10.1. The monoisotopic (exact) mass is 419 g/mol. The first-order valence-electron chi connectivity index (χ1n) is 9.50. The van der Waals surface area contributed by atoms with Gasteiger partial charge in [0.15, 0.2) is 10.9 Å². The van der Waals surface area contributed by atoms with Gasteiger partial charge in [-0.2, -0.15) is 0 Å².